The summed E-state index contributed by atoms with van der Waals surface area (Å²) in [4.78, 5) is 12.9. The molecule has 1 atom stereocenters. The molecular formula is C20H27N3O3S. The number of benzene rings is 1. The van der Waals surface area contributed by atoms with E-state index in [0.717, 1.165) is 24.0 Å². The molecule has 3 rings (SSSR count). The molecule has 0 bridgehead atoms. The van der Waals surface area contributed by atoms with Crippen LogP contribution in [0, 0.1) is 19.8 Å². The number of rotatable bonds is 4. The van der Waals surface area contributed by atoms with Gasteiger partial charge in [-0.05, 0) is 61.9 Å². The normalized spacial score (nSPS) is 18.4. The van der Waals surface area contributed by atoms with Gasteiger partial charge in [0, 0.05) is 32.0 Å². The van der Waals surface area contributed by atoms with Gasteiger partial charge in [-0.15, -0.1) is 0 Å². The van der Waals surface area contributed by atoms with Gasteiger partial charge in [-0.1, -0.05) is 13.0 Å². The van der Waals surface area contributed by atoms with E-state index in [9.17, 15) is 13.2 Å². The van der Waals surface area contributed by atoms with E-state index in [-0.39, 0.29) is 10.8 Å². The summed E-state index contributed by atoms with van der Waals surface area (Å²) in [7, 11) is -1.90. The average molecular weight is 390 g/mol. The van der Waals surface area contributed by atoms with Gasteiger partial charge in [0.2, 0.25) is 10.0 Å². The number of anilines is 1. The minimum absolute atomic E-state index is 0.171. The van der Waals surface area contributed by atoms with Crippen LogP contribution in [0.15, 0.2) is 35.4 Å². The Morgan fingerprint density at radius 1 is 1.15 bits per heavy atom. The van der Waals surface area contributed by atoms with E-state index in [0.29, 0.717) is 30.4 Å². The Bertz CT molecular complexity index is 943. The van der Waals surface area contributed by atoms with E-state index in [1.165, 1.54) is 16.6 Å². The summed E-state index contributed by atoms with van der Waals surface area (Å²) >= 11 is 0. The lowest BCUT2D eigenvalue weighted by atomic mass is 10.0. The summed E-state index contributed by atoms with van der Waals surface area (Å²) in [5.74, 6) is 0.0283. The summed E-state index contributed by atoms with van der Waals surface area (Å²) < 4.78 is 29.0. The molecule has 27 heavy (non-hydrogen) atoms. The molecule has 1 fully saturated rings. The molecule has 1 aromatic carbocycles. The van der Waals surface area contributed by atoms with Gasteiger partial charge < -0.3 is 9.88 Å². The lowest BCUT2D eigenvalue weighted by Gasteiger charge is -2.29. The minimum Gasteiger partial charge on any atom is -0.345 e. The zero-order valence-electron chi connectivity index (χ0n) is 16.3. The molecule has 1 aliphatic rings. The molecule has 0 saturated carbocycles. The summed E-state index contributed by atoms with van der Waals surface area (Å²) in [6.45, 7) is 7.06. The van der Waals surface area contributed by atoms with E-state index in [2.05, 4.69) is 12.2 Å². The van der Waals surface area contributed by atoms with E-state index in [1.54, 1.807) is 11.6 Å². The number of carbonyl (C=O) groups excluding carboxylic acids is 1. The number of sulfonamides is 1. The largest absolute Gasteiger partial charge is 0.345 e. The van der Waals surface area contributed by atoms with Gasteiger partial charge >= 0.3 is 0 Å². The summed E-state index contributed by atoms with van der Waals surface area (Å²) in [5.41, 5.74) is 3.13. The number of nitrogens with zero attached hydrogens (tertiary/aromatic N) is 2. The standard InChI is InChI=1S/C20H27N3O3S/c1-14-6-5-7-23(12-14)27(25,26)18-11-19(22(4)13-18)20(24)21-17-9-15(2)8-16(3)10-17/h8-11,13-14H,5-7,12H2,1-4H3,(H,21,24). The Hall–Kier alpha value is -2.12. The van der Waals surface area contributed by atoms with Crippen molar-refractivity contribution < 1.29 is 13.2 Å². The van der Waals surface area contributed by atoms with Crippen LogP contribution in [-0.2, 0) is 17.1 Å². The number of nitrogens with one attached hydrogen (secondary N) is 1. The predicted molar refractivity (Wildman–Crippen MR) is 106 cm³/mol. The van der Waals surface area contributed by atoms with E-state index >= 15 is 0 Å². The molecule has 0 radical (unpaired) electrons. The molecule has 1 saturated heterocycles. The molecule has 146 valence electrons. The molecule has 6 nitrogen and oxygen atoms in total. The first-order chi connectivity index (χ1) is 12.7. The van der Waals surface area contributed by atoms with Crippen molar-refractivity contribution in [3.63, 3.8) is 0 Å². The van der Waals surface area contributed by atoms with Crippen molar-refractivity contribution in [1.82, 2.24) is 8.87 Å². The minimum atomic E-state index is -3.58. The van der Waals surface area contributed by atoms with E-state index in [4.69, 9.17) is 0 Å². The fourth-order valence-electron chi connectivity index (χ4n) is 3.66. The highest BCUT2D eigenvalue weighted by Crippen LogP contribution is 2.25. The van der Waals surface area contributed by atoms with Crippen molar-refractivity contribution in [3.8, 4) is 0 Å². The maximum atomic E-state index is 12.9. The zero-order chi connectivity index (χ0) is 19.8. The lowest BCUT2D eigenvalue weighted by molar-refractivity contribution is 0.101. The van der Waals surface area contributed by atoms with Gasteiger partial charge in [-0.25, -0.2) is 8.42 Å². The van der Waals surface area contributed by atoms with Crippen LogP contribution < -0.4 is 5.32 Å². The predicted octanol–water partition coefficient (Wildman–Crippen LogP) is 3.31. The number of hydrogen-bond donors (Lipinski definition) is 1. The highest BCUT2D eigenvalue weighted by molar-refractivity contribution is 7.89. The first kappa shape index (κ1) is 19.6. The third-order valence-electron chi connectivity index (χ3n) is 4.95. The highest BCUT2D eigenvalue weighted by Gasteiger charge is 2.30. The van der Waals surface area contributed by atoms with Gasteiger partial charge in [0.05, 0.1) is 0 Å². The van der Waals surface area contributed by atoms with Crippen LogP contribution in [0.5, 0.6) is 0 Å². The van der Waals surface area contributed by atoms with Crippen molar-refractivity contribution in [2.45, 2.75) is 38.5 Å². The molecule has 1 aromatic heterocycles. The molecule has 0 spiro atoms. The van der Waals surface area contributed by atoms with Crippen LogP contribution in [0.2, 0.25) is 0 Å². The molecule has 1 aliphatic heterocycles. The highest BCUT2D eigenvalue weighted by atomic mass is 32.2. The molecular weight excluding hydrogens is 362 g/mol. The summed E-state index contributed by atoms with van der Waals surface area (Å²) in [6.07, 6.45) is 3.43. The summed E-state index contributed by atoms with van der Waals surface area (Å²) in [5, 5.41) is 2.86. The lowest BCUT2D eigenvalue weighted by Crippen LogP contribution is -2.38. The maximum Gasteiger partial charge on any atom is 0.272 e. The van der Waals surface area contributed by atoms with Crippen LogP contribution in [0.3, 0.4) is 0 Å². The molecule has 2 aromatic rings. The van der Waals surface area contributed by atoms with Gasteiger partial charge in [0.25, 0.3) is 5.91 Å². The van der Waals surface area contributed by atoms with Gasteiger partial charge in [-0.3, -0.25) is 4.79 Å². The smallest absolute Gasteiger partial charge is 0.272 e. The Morgan fingerprint density at radius 2 is 1.81 bits per heavy atom. The Kier molecular flexibility index (Phi) is 5.44. The summed E-state index contributed by atoms with van der Waals surface area (Å²) in [6, 6.07) is 7.27. The van der Waals surface area contributed by atoms with Crippen LogP contribution in [0.25, 0.3) is 0 Å². The van der Waals surface area contributed by atoms with E-state index in [1.807, 2.05) is 32.0 Å². The van der Waals surface area contributed by atoms with Crippen LogP contribution >= 0.6 is 0 Å². The quantitative estimate of drug-likeness (QED) is 0.872. The first-order valence-corrected chi connectivity index (χ1v) is 10.7. The second-order valence-electron chi connectivity index (χ2n) is 7.61. The fraction of sp³-hybridized carbons (Fsp3) is 0.450. The molecule has 1 unspecified atom stereocenters. The maximum absolute atomic E-state index is 12.9. The van der Waals surface area contributed by atoms with Crippen molar-refractivity contribution in [2.75, 3.05) is 18.4 Å². The van der Waals surface area contributed by atoms with Crippen molar-refractivity contribution in [1.29, 1.82) is 0 Å². The monoisotopic (exact) mass is 389 g/mol. The fourth-order valence-corrected chi connectivity index (χ4v) is 5.33. The third-order valence-corrected chi connectivity index (χ3v) is 6.78. The van der Waals surface area contributed by atoms with Crippen molar-refractivity contribution in [3.05, 3.63) is 47.3 Å². The Labute approximate surface area is 161 Å². The topological polar surface area (TPSA) is 71.4 Å². The number of carbonyl (C=O) groups is 1. The van der Waals surface area contributed by atoms with Gasteiger partial charge in [0.1, 0.15) is 10.6 Å². The van der Waals surface area contributed by atoms with Crippen LogP contribution in [0.1, 0.15) is 41.4 Å². The first-order valence-electron chi connectivity index (χ1n) is 9.23. The Morgan fingerprint density at radius 3 is 2.44 bits per heavy atom. The number of hydrogen-bond acceptors (Lipinski definition) is 3. The van der Waals surface area contributed by atoms with Crippen molar-refractivity contribution in [2.24, 2.45) is 13.0 Å². The molecule has 2 heterocycles. The van der Waals surface area contributed by atoms with Crippen LogP contribution in [-0.4, -0.2) is 36.3 Å². The number of aryl methyl sites for hydroxylation is 3. The third kappa shape index (κ3) is 4.25. The van der Waals surface area contributed by atoms with Gasteiger partial charge in [-0.2, -0.15) is 4.31 Å². The number of piperidine rings is 1. The van der Waals surface area contributed by atoms with Crippen molar-refractivity contribution >= 4 is 21.6 Å². The Balaban J connectivity index is 1.84. The van der Waals surface area contributed by atoms with Crippen LogP contribution in [0.4, 0.5) is 5.69 Å². The second kappa shape index (κ2) is 7.48. The molecule has 7 heteroatoms. The van der Waals surface area contributed by atoms with E-state index < -0.39 is 10.0 Å². The second-order valence-corrected chi connectivity index (χ2v) is 9.55. The average Bonchev–Trinajstić information content (AvgIpc) is 2.96. The molecule has 1 amide bonds. The zero-order valence-corrected chi connectivity index (χ0v) is 17.1. The number of aromatic nitrogens is 1. The number of amides is 1. The van der Waals surface area contributed by atoms with Gasteiger partial charge in [0.15, 0.2) is 0 Å². The molecule has 1 N–H and O–H groups in total. The molecule has 0 aliphatic carbocycles. The SMILES string of the molecule is Cc1cc(C)cc(NC(=O)c2cc(S(=O)(=O)N3CCCC(C)C3)cn2C)c1.